The van der Waals surface area contributed by atoms with Gasteiger partial charge < -0.3 is 10.6 Å². The maximum absolute atomic E-state index is 12.1. The number of anilines is 2. The highest BCUT2D eigenvalue weighted by atomic mass is 16.1. The summed E-state index contributed by atoms with van der Waals surface area (Å²) in [5, 5.41) is 14.9. The van der Waals surface area contributed by atoms with E-state index in [1.165, 1.54) is 12.4 Å². The van der Waals surface area contributed by atoms with Crippen molar-refractivity contribution in [3.8, 4) is 6.07 Å². The molecule has 0 aliphatic heterocycles. The number of nitriles is 1. The molecule has 1 amide bonds. The summed E-state index contributed by atoms with van der Waals surface area (Å²) in [6.45, 7) is 0.440. The summed E-state index contributed by atoms with van der Waals surface area (Å²) in [5.41, 5.74) is 2.50. The van der Waals surface area contributed by atoms with Gasteiger partial charge in [0, 0.05) is 18.9 Å². The molecule has 0 atom stereocenters. The molecule has 0 aliphatic rings. The molecule has 1 aromatic heterocycles. The van der Waals surface area contributed by atoms with Gasteiger partial charge in [-0.05, 0) is 17.7 Å². The molecule has 0 spiro atoms. The molecule has 122 valence electrons. The van der Waals surface area contributed by atoms with Crippen LogP contribution in [-0.2, 0) is 6.54 Å². The van der Waals surface area contributed by atoms with Crippen molar-refractivity contribution in [2.75, 3.05) is 5.32 Å². The van der Waals surface area contributed by atoms with Gasteiger partial charge in [0.15, 0.2) is 0 Å². The van der Waals surface area contributed by atoms with E-state index in [0.29, 0.717) is 29.3 Å². The molecule has 0 saturated heterocycles. The number of benzene rings is 2. The van der Waals surface area contributed by atoms with Crippen LogP contribution in [0.1, 0.15) is 21.5 Å². The van der Waals surface area contributed by atoms with Crippen molar-refractivity contribution in [2.45, 2.75) is 6.54 Å². The number of amides is 1. The Morgan fingerprint density at radius 1 is 1.00 bits per heavy atom. The Balaban J connectivity index is 1.64. The van der Waals surface area contributed by atoms with Crippen LogP contribution in [0.4, 0.5) is 11.6 Å². The quantitative estimate of drug-likeness (QED) is 0.751. The summed E-state index contributed by atoms with van der Waals surface area (Å²) in [6, 6.07) is 18.8. The number of rotatable bonds is 5. The van der Waals surface area contributed by atoms with Crippen LogP contribution in [0.15, 0.2) is 67.0 Å². The average Bonchev–Trinajstić information content (AvgIpc) is 2.68. The van der Waals surface area contributed by atoms with Crippen LogP contribution in [0.3, 0.4) is 0 Å². The van der Waals surface area contributed by atoms with Crippen molar-refractivity contribution in [3.63, 3.8) is 0 Å². The molecule has 1 heterocycles. The molecule has 25 heavy (non-hydrogen) atoms. The maximum Gasteiger partial charge on any atom is 0.254 e. The van der Waals surface area contributed by atoms with Crippen LogP contribution in [0.5, 0.6) is 0 Å². The van der Waals surface area contributed by atoms with E-state index < -0.39 is 0 Å². The standard InChI is InChI=1S/C19H15N5O/c20-10-15-8-4-5-9-17(15)24-19-22-12-16(13-23-19)18(25)21-11-14-6-2-1-3-7-14/h1-9,12-13H,11H2,(H,21,25)(H,22,23,24). The van der Waals surface area contributed by atoms with Gasteiger partial charge in [0.1, 0.15) is 6.07 Å². The predicted molar refractivity (Wildman–Crippen MR) is 94.1 cm³/mol. The molecule has 6 heteroatoms. The van der Waals surface area contributed by atoms with E-state index in [9.17, 15) is 4.79 Å². The highest BCUT2D eigenvalue weighted by molar-refractivity contribution is 5.93. The van der Waals surface area contributed by atoms with Gasteiger partial charge in [-0.25, -0.2) is 9.97 Å². The summed E-state index contributed by atoms with van der Waals surface area (Å²) in [4.78, 5) is 20.4. The number of aromatic nitrogens is 2. The highest BCUT2D eigenvalue weighted by Gasteiger charge is 2.08. The lowest BCUT2D eigenvalue weighted by Crippen LogP contribution is -2.23. The van der Waals surface area contributed by atoms with Gasteiger partial charge in [-0.3, -0.25) is 4.79 Å². The number of hydrogen-bond acceptors (Lipinski definition) is 5. The first-order chi connectivity index (χ1) is 12.3. The van der Waals surface area contributed by atoms with Crippen LogP contribution in [0, 0.1) is 11.3 Å². The Labute approximate surface area is 145 Å². The first-order valence-corrected chi connectivity index (χ1v) is 7.66. The number of carbonyl (C=O) groups is 1. The predicted octanol–water partition coefficient (Wildman–Crippen LogP) is 3.02. The summed E-state index contributed by atoms with van der Waals surface area (Å²) < 4.78 is 0. The Kier molecular flexibility index (Phi) is 4.98. The van der Waals surface area contributed by atoms with E-state index in [1.807, 2.05) is 36.4 Å². The molecule has 3 aromatic rings. The zero-order chi connectivity index (χ0) is 17.5. The fraction of sp³-hybridized carbons (Fsp3) is 0.0526. The summed E-state index contributed by atoms with van der Waals surface area (Å²) in [6.07, 6.45) is 2.90. The average molecular weight is 329 g/mol. The van der Waals surface area contributed by atoms with Crippen molar-refractivity contribution in [1.29, 1.82) is 5.26 Å². The van der Waals surface area contributed by atoms with Crippen molar-refractivity contribution in [2.24, 2.45) is 0 Å². The van der Waals surface area contributed by atoms with Crippen LogP contribution in [0.2, 0.25) is 0 Å². The Morgan fingerprint density at radius 3 is 2.40 bits per heavy atom. The van der Waals surface area contributed by atoms with Crippen LogP contribution in [-0.4, -0.2) is 15.9 Å². The first kappa shape index (κ1) is 16.1. The van der Waals surface area contributed by atoms with Crippen LogP contribution < -0.4 is 10.6 Å². The Morgan fingerprint density at radius 2 is 1.68 bits per heavy atom. The minimum Gasteiger partial charge on any atom is -0.348 e. The fourth-order valence-corrected chi connectivity index (χ4v) is 2.20. The molecule has 2 aromatic carbocycles. The van der Waals surface area contributed by atoms with Gasteiger partial charge in [0.25, 0.3) is 5.91 Å². The first-order valence-electron chi connectivity index (χ1n) is 7.66. The van der Waals surface area contributed by atoms with E-state index >= 15 is 0 Å². The molecule has 0 bridgehead atoms. The third kappa shape index (κ3) is 4.18. The SMILES string of the molecule is N#Cc1ccccc1Nc1ncc(C(=O)NCc2ccccc2)cn1. The topological polar surface area (TPSA) is 90.7 Å². The molecule has 3 rings (SSSR count). The molecular weight excluding hydrogens is 314 g/mol. The lowest BCUT2D eigenvalue weighted by molar-refractivity contribution is 0.0950. The smallest absolute Gasteiger partial charge is 0.254 e. The number of para-hydroxylation sites is 1. The summed E-state index contributed by atoms with van der Waals surface area (Å²) in [7, 11) is 0. The molecule has 2 N–H and O–H groups in total. The van der Waals surface area contributed by atoms with E-state index in [2.05, 4.69) is 26.7 Å². The molecular formula is C19H15N5O. The zero-order valence-corrected chi connectivity index (χ0v) is 13.3. The second-order valence-electron chi connectivity index (χ2n) is 5.25. The lowest BCUT2D eigenvalue weighted by atomic mass is 10.2. The lowest BCUT2D eigenvalue weighted by Gasteiger charge is -2.07. The van der Waals surface area contributed by atoms with Crippen molar-refractivity contribution in [1.82, 2.24) is 15.3 Å². The van der Waals surface area contributed by atoms with Gasteiger partial charge in [0.2, 0.25) is 5.95 Å². The van der Waals surface area contributed by atoms with Gasteiger partial charge in [0.05, 0.1) is 16.8 Å². The van der Waals surface area contributed by atoms with Gasteiger partial charge >= 0.3 is 0 Å². The van der Waals surface area contributed by atoms with Crippen molar-refractivity contribution in [3.05, 3.63) is 83.7 Å². The number of nitrogens with one attached hydrogen (secondary N) is 2. The molecule has 0 fully saturated rings. The highest BCUT2D eigenvalue weighted by Crippen LogP contribution is 2.17. The van der Waals surface area contributed by atoms with Crippen LogP contribution in [0.25, 0.3) is 0 Å². The van der Waals surface area contributed by atoms with E-state index in [-0.39, 0.29) is 5.91 Å². The van der Waals surface area contributed by atoms with E-state index in [4.69, 9.17) is 5.26 Å². The Hall–Kier alpha value is -3.72. The second-order valence-corrected chi connectivity index (χ2v) is 5.25. The number of carbonyl (C=O) groups excluding carboxylic acids is 1. The summed E-state index contributed by atoms with van der Waals surface area (Å²) >= 11 is 0. The summed E-state index contributed by atoms with van der Waals surface area (Å²) in [5.74, 6) is 0.0788. The number of hydrogen-bond donors (Lipinski definition) is 2. The Bertz CT molecular complexity index is 901. The fourth-order valence-electron chi connectivity index (χ4n) is 2.20. The van der Waals surface area contributed by atoms with Crippen molar-refractivity contribution >= 4 is 17.5 Å². The number of nitrogens with zero attached hydrogens (tertiary/aromatic N) is 3. The van der Waals surface area contributed by atoms with Crippen LogP contribution >= 0.6 is 0 Å². The van der Waals surface area contributed by atoms with Gasteiger partial charge in [-0.15, -0.1) is 0 Å². The maximum atomic E-state index is 12.1. The third-order valence-electron chi connectivity index (χ3n) is 3.50. The molecule has 0 radical (unpaired) electrons. The minimum atomic E-state index is -0.243. The normalized spacial score (nSPS) is 9.88. The second kappa shape index (κ2) is 7.70. The zero-order valence-electron chi connectivity index (χ0n) is 13.3. The van der Waals surface area contributed by atoms with Gasteiger partial charge in [-0.1, -0.05) is 42.5 Å². The monoisotopic (exact) mass is 329 g/mol. The molecule has 6 nitrogen and oxygen atoms in total. The molecule has 0 unspecified atom stereocenters. The van der Waals surface area contributed by atoms with Gasteiger partial charge in [-0.2, -0.15) is 5.26 Å². The minimum absolute atomic E-state index is 0.243. The largest absolute Gasteiger partial charge is 0.348 e. The third-order valence-corrected chi connectivity index (χ3v) is 3.50. The van der Waals surface area contributed by atoms with E-state index in [0.717, 1.165) is 5.56 Å². The van der Waals surface area contributed by atoms with Crippen molar-refractivity contribution < 1.29 is 4.79 Å². The molecule has 0 saturated carbocycles. The van der Waals surface area contributed by atoms with E-state index in [1.54, 1.807) is 18.2 Å². The molecule has 0 aliphatic carbocycles.